The Morgan fingerprint density at radius 2 is 0.739 bits per heavy atom. The Morgan fingerprint density at radius 3 is 0.870 bits per heavy atom. The molecule has 0 bridgehead atoms. The van der Waals surface area contributed by atoms with Crippen LogP contribution in [0.2, 0.25) is 0 Å². The van der Waals surface area contributed by atoms with E-state index in [1.165, 1.54) is 0 Å². The van der Waals surface area contributed by atoms with Gasteiger partial charge in [-0.15, -0.1) is 0 Å². The number of hydrogen-bond acceptors (Lipinski definition) is 6. The smallest absolute Gasteiger partial charge is 0.317 e. The zero-order valence-corrected chi connectivity index (χ0v) is 21.3. The van der Waals surface area contributed by atoms with Crippen molar-refractivity contribution in [3.05, 3.63) is 0 Å². The van der Waals surface area contributed by atoms with Crippen molar-refractivity contribution in [1.29, 1.82) is 0 Å². The summed E-state index contributed by atoms with van der Waals surface area (Å²) in [6.45, 7) is -2.25. The zero-order valence-electron chi connectivity index (χ0n) is 13.3. The van der Waals surface area contributed by atoms with Crippen molar-refractivity contribution in [2.24, 2.45) is 0 Å². The van der Waals surface area contributed by atoms with Crippen molar-refractivity contribution in [2.75, 3.05) is 39.3 Å². The van der Waals surface area contributed by atoms with Crippen molar-refractivity contribution >= 4 is 83.0 Å². The van der Waals surface area contributed by atoms with E-state index in [9.17, 15) is 19.2 Å². The van der Waals surface area contributed by atoms with E-state index in [1.54, 1.807) is 0 Å². The first-order valence-corrected chi connectivity index (χ1v) is 5.52. The summed E-state index contributed by atoms with van der Waals surface area (Å²) in [6.07, 6.45) is 0. The Labute approximate surface area is 196 Å². The first kappa shape index (κ1) is 31.5. The van der Waals surface area contributed by atoms with E-state index >= 15 is 0 Å². The van der Waals surface area contributed by atoms with E-state index in [-0.39, 0.29) is 99.5 Å². The monoisotopic (exact) mass is 452 g/mol. The third kappa shape index (κ3) is 20.7. The van der Waals surface area contributed by atoms with Crippen LogP contribution in [0.25, 0.3) is 0 Å². The molecule has 0 saturated carbocycles. The van der Waals surface area contributed by atoms with Gasteiger partial charge in [0.15, 0.2) is 0 Å². The average Bonchev–Trinajstić information content (AvgIpc) is 2.22. The Kier molecular flexibility index (Phi) is 24.0. The molecule has 2 radical (unpaired) electrons. The third-order valence-corrected chi connectivity index (χ3v) is 2.17. The van der Waals surface area contributed by atoms with Crippen molar-refractivity contribution in [1.82, 2.24) is 9.80 Å². The van der Waals surface area contributed by atoms with E-state index < -0.39 is 50.1 Å². The summed E-state index contributed by atoms with van der Waals surface area (Å²) >= 11 is 0. The van der Waals surface area contributed by atoms with Gasteiger partial charge in [-0.2, -0.15) is 0 Å². The van der Waals surface area contributed by atoms with Gasteiger partial charge in [-0.05, 0) is 0 Å². The second-order valence-corrected chi connectivity index (χ2v) is 4.00. The molecule has 0 saturated heterocycles. The molecule has 0 atom stereocenters. The molecule has 0 aromatic rings. The van der Waals surface area contributed by atoms with Crippen molar-refractivity contribution in [3.8, 4) is 0 Å². The van der Waals surface area contributed by atoms with Gasteiger partial charge in [-0.3, -0.25) is 29.0 Å². The van der Waals surface area contributed by atoms with E-state index in [0.29, 0.717) is 0 Å². The molecule has 0 aliphatic carbocycles. The molecule has 0 aromatic carbocycles. The molecule has 0 aliphatic rings. The molecule has 4 N–H and O–H groups in total. The summed E-state index contributed by atoms with van der Waals surface area (Å²) in [4.78, 5) is 44.4. The number of hydrogen-bond donors (Lipinski definition) is 4. The first-order valence-electron chi connectivity index (χ1n) is 5.52. The average molecular weight is 451 g/mol. The Hall–Kier alpha value is 0.722. The minimum Gasteiger partial charge on any atom is -0.480 e. The Bertz CT molecular complexity index is 331. The van der Waals surface area contributed by atoms with E-state index in [4.69, 9.17) is 20.4 Å². The molecule has 0 unspecified atom stereocenters. The zero-order chi connectivity index (χ0) is 15.7. The fraction of sp³-hybridized carbons (Fsp3) is 0.600. The molecule has 0 rings (SSSR count). The minimum atomic E-state index is -1.23. The molecular weight excluding hydrogens is 435 g/mol. The second kappa shape index (κ2) is 17.5. The van der Waals surface area contributed by atoms with Gasteiger partial charge in [-0.25, -0.2) is 0 Å². The van der Waals surface area contributed by atoms with Crippen LogP contribution in [0.15, 0.2) is 0 Å². The Morgan fingerprint density at radius 1 is 0.565 bits per heavy atom. The number of aliphatic carboxylic acids is 4. The van der Waals surface area contributed by atoms with Gasteiger partial charge in [0.1, 0.15) is 0 Å². The number of carbonyl (C=O) groups is 4. The fourth-order valence-corrected chi connectivity index (χ4v) is 1.48. The number of rotatable bonds is 11. The summed E-state index contributed by atoms with van der Waals surface area (Å²) in [5, 5.41) is 34.5. The predicted molar refractivity (Wildman–Crippen MR) is 74.9 cm³/mol. The van der Waals surface area contributed by atoms with E-state index in [0.717, 1.165) is 9.80 Å². The van der Waals surface area contributed by atoms with Gasteiger partial charge in [0, 0.05) is 99.5 Å². The van der Waals surface area contributed by atoms with E-state index in [2.05, 4.69) is 0 Å². The Balaban J connectivity index is -0.000000602. The quantitative estimate of drug-likeness (QED) is 0.242. The number of carboxylic acid groups (broad SMARTS) is 4. The molecule has 118 valence electrons. The number of nitrogens with zero attached hydrogens (tertiary/aromatic N) is 2. The van der Waals surface area contributed by atoms with Gasteiger partial charge < -0.3 is 20.4 Å². The minimum absolute atomic E-state index is 0. The van der Waals surface area contributed by atoms with Gasteiger partial charge >= 0.3 is 23.9 Å². The summed E-state index contributed by atoms with van der Waals surface area (Å²) in [7, 11) is 0. The van der Waals surface area contributed by atoms with Gasteiger partial charge in [0.25, 0.3) is 0 Å². The predicted octanol–water partition coefficient (Wildman–Crippen LogP) is -2.84. The van der Waals surface area contributed by atoms with Gasteiger partial charge in [0.2, 0.25) is 0 Å². The molecule has 0 amide bonds. The molecule has 23 heavy (non-hydrogen) atoms. The van der Waals surface area contributed by atoms with Crippen LogP contribution >= 0.6 is 0 Å². The molecule has 0 aliphatic heterocycles. The van der Waals surface area contributed by atoms with Crippen LogP contribution < -0.4 is 0 Å². The number of carboxylic acids is 4. The van der Waals surface area contributed by atoms with Crippen molar-refractivity contribution in [3.63, 3.8) is 0 Å². The topological polar surface area (TPSA) is 156 Å². The van der Waals surface area contributed by atoms with E-state index in [1.807, 2.05) is 0 Å². The molecule has 10 nitrogen and oxygen atoms in total. The summed E-state index contributed by atoms with van der Waals surface area (Å²) in [5.74, 6) is -4.91. The molecule has 0 fully saturated rings. The molecule has 0 heterocycles. The maximum atomic E-state index is 10.6. The maximum absolute atomic E-state index is 10.6. The van der Waals surface area contributed by atoms with Crippen LogP contribution in [0.3, 0.4) is 0 Å². The first-order chi connectivity index (χ1) is 9.20. The van der Waals surface area contributed by atoms with Crippen molar-refractivity contribution < 1.29 is 66.9 Å². The molecule has 13 heteroatoms. The van der Waals surface area contributed by atoms with Crippen LogP contribution in [-0.2, 0) is 46.5 Å². The standard InChI is InChI=1S/C10H16N2O8.Cd.2Na/c13-7(14)3-11(4-8(15)16)1-2-12(5-9(17)18)6-10(19)20;;;/h1-6H2,(H,13,14)(H,15,16)(H,17,18)(H,19,20);;;. The van der Waals surface area contributed by atoms with Crippen molar-refractivity contribution in [2.45, 2.75) is 0 Å². The molecule has 0 aromatic heterocycles. The molecular formula is C10H16CdN2Na2O8. The van der Waals surface area contributed by atoms with Crippen LogP contribution in [0.1, 0.15) is 0 Å². The largest absolute Gasteiger partial charge is 0.480 e. The SMILES string of the molecule is O=C(O)CN(CCN(CC(=O)O)CC(=O)O)CC(=O)O.[Cd].[Na].[Na]. The normalized spacial score (nSPS) is 9.30. The van der Waals surface area contributed by atoms with Crippen LogP contribution in [0.5, 0.6) is 0 Å². The third-order valence-electron chi connectivity index (χ3n) is 2.17. The van der Waals surface area contributed by atoms with Crippen LogP contribution in [-0.4, -0.2) is 152 Å². The van der Waals surface area contributed by atoms with Gasteiger partial charge in [0.05, 0.1) is 26.2 Å². The maximum Gasteiger partial charge on any atom is 0.317 e. The summed E-state index contributed by atoms with van der Waals surface area (Å²) in [5.41, 5.74) is 0. The van der Waals surface area contributed by atoms with Gasteiger partial charge in [-0.1, -0.05) is 0 Å². The van der Waals surface area contributed by atoms with Crippen LogP contribution in [0.4, 0.5) is 0 Å². The fourth-order valence-electron chi connectivity index (χ4n) is 1.48. The summed E-state index contributed by atoms with van der Waals surface area (Å²) < 4.78 is 0. The second-order valence-electron chi connectivity index (χ2n) is 4.00. The van der Waals surface area contributed by atoms with Crippen LogP contribution in [0, 0.1) is 0 Å². The molecule has 0 spiro atoms. The summed E-state index contributed by atoms with van der Waals surface area (Å²) in [6, 6.07) is 0.